The summed E-state index contributed by atoms with van der Waals surface area (Å²) < 4.78 is 27.9. The molecule has 21 heavy (non-hydrogen) atoms. The Balaban J connectivity index is 2.13. The Bertz CT molecular complexity index is 592. The van der Waals surface area contributed by atoms with Crippen LogP contribution in [0.3, 0.4) is 0 Å². The summed E-state index contributed by atoms with van der Waals surface area (Å²) in [5.41, 5.74) is 2.00. The highest BCUT2D eigenvalue weighted by Gasteiger charge is 2.42. The number of hydrogen-bond donors (Lipinski definition) is 2. The molecule has 1 fully saturated rings. The number of hydrogen-bond acceptors (Lipinski definition) is 3. The topological polar surface area (TPSA) is 58.2 Å². The third kappa shape index (κ3) is 4.05. The molecule has 0 bridgehead atoms. The number of aryl methyl sites for hydroxylation is 1. The molecular weight excluding hydrogens is 284 g/mol. The van der Waals surface area contributed by atoms with E-state index >= 15 is 0 Å². The summed E-state index contributed by atoms with van der Waals surface area (Å²) >= 11 is 0. The van der Waals surface area contributed by atoms with Crippen LogP contribution in [0.25, 0.3) is 0 Å². The van der Waals surface area contributed by atoms with Gasteiger partial charge in [-0.3, -0.25) is 0 Å². The van der Waals surface area contributed by atoms with E-state index in [-0.39, 0.29) is 5.41 Å². The van der Waals surface area contributed by atoms with Crippen LogP contribution in [0.5, 0.6) is 0 Å². The van der Waals surface area contributed by atoms with Crippen molar-refractivity contribution in [1.82, 2.24) is 10.0 Å². The van der Waals surface area contributed by atoms with Crippen LogP contribution in [0.15, 0.2) is 23.1 Å². The summed E-state index contributed by atoms with van der Waals surface area (Å²) in [6.45, 7) is 5.23. The lowest BCUT2D eigenvalue weighted by Gasteiger charge is -2.16. The minimum Gasteiger partial charge on any atom is -0.316 e. The van der Waals surface area contributed by atoms with Gasteiger partial charge in [0.15, 0.2) is 0 Å². The summed E-state index contributed by atoms with van der Waals surface area (Å²) in [7, 11) is -1.57. The fraction of sp³-hybridized carbons (Fsp3) is 0.625. The van der Waals surface area contributed by atoms with E-state index in [2.05, 4.69) is 17.0 Å². The molecule has 118 valence electrons. The minimum absolute atomic E-state index is 0.221. The molecule has 0 radical (unpaired) electrons. The van der Waals surface area contributed by atoms with Crippen LogP contribution in [0, 0.1) is 12.3 Å². The van der Waals surface area contributed by atoms with Crippen LogP contribution in [0.1, 0.15) is 43.7 Å². The maximum absolute atomic E-state index is 12.6. The van der Waals surface area contributed by atoms with Gasteiger partial charge in [-0.1, -0.05) is 25.5 Å². The van der Waals surface area contributed by atoms with E-state index < -0.39 is 10.0 Å². The predicted octanol–water partition coefficient (Wildman–Crippen LogP) is 2.57. The lowest BCUT2D eigenvalue weighted by atomic mass is 10.0. The normalized spacial score (nSPS) is 16.9. The largest absolute Gasteiger partial charge is 0.316 e. The van der Waals surface area contributed by atoms with Crippen molar-refractivity contribution in [2.45, 2.75) is 51.0 Å². The number of nitrogens with one attached hydrogen (secondary N) is 2. The van der Waals surface area contributed by atoms with Crippen LogP contribution in [-0.4, -0.2) is 22.0 Å². The Labute approximate surface area is 128 Å². The van der Waals surface area contributed by atoms with Gasteiger partial charge in [-0.2, -0.15) is 0 Å². The molecule has 2 rings (SSSR count). The first kappa shape index (κ1) is 16.5. The average molecular weight is 310 g/mol. The van der Waals surface area contributed by atoms with Gasteiger partial charge >= 0.3 is 0 Å². The van der Waals surface area contributed by atoms with Crippen LogP contribution in [0.4, 0.5) is 0 Å². The monoisotopic (exact) mass is 310 g/mol. The maximum atomic E-state index is 12.6. The van der Waals surface area contributed by atoms with Gasteiger partial charge in [-0.05, 0) is 55.8 Å². The molecule has 0 aromatic heterocycles. The zero-order chi connectivity index (χ0) is 15.5. The van der Waals surface area contributed by atoms with E-state index in [1.165, 1.54) is 0 Å². The summed E-state index contributed by atoms with van der Waals surface area (Å²) in [6, 6.07) is 5.61. The molecule has 0 saturated heterocycles. The average Bonchev–Trinajstić information content (AvgIpc) is 3.20. The van der Waals surface area contributed by atoms with Gasteiger partial charge in [-0.15, -0.1) is 0 Å². The predicted molar refractivity (Wildman–Crippen MR) is 85.7 cm³/mol. The number of rotatable bonds is 8. The fourth-order valence-electron chi connectivity index (χ4n) is 2.80. The van der Waals surface area contributed by atoms with Crippen molar-refractivity contribution in [2.75, 3.05) is 13.6 Å². The highest BCUT2D eigenvalue weighted by Crippen LogP contribution is 2.49. The first-order chi connectivity index (χ1) is 9.92. The van der Waals surface area contributed by atoms with Crippen molar-refractivity contribution in [3.8, 4) is 0 Å². The van der Waals surface area contributed by atoms with E-state index in [1.807, 2.05) is 26.1 Å². The van der Waals surface area contributed by atoms with Gasteiger partial charge < -0.3 is 5.32 Å². The quantitative estimate of drug-likeness (QED) is 0.776. The molecule has 0 spiro atoms. The molecule has 1 aliphatic rings. The highest BCUT2D eigenvalue weighted by atomic mass is 32.2. The molecule has 0 heterocycles. The molecule has 0 atom stereocenters. The van der Waals surface area contributed by atoms with Crippen molar-refractivity contribution in [1.29, 1.82) is 0 Å². The van der Waals surface area contributed by atoms with Crippen LogP contribution >= 0.6 is 0 Å². The lowest BCUT2D eigenvalue weighted by molar-refractivity contribution is 0.449. The summed E-state index contributed by atoms with van der Waals surface area (Å²) in [4.78, 5) is 0.405. The van der Waals surface area contributed by atoms with E-state index in [9.17, 15) is 8.42 Å². The maximum Gasteiger partial charge on any atom is 0.240 e. The van der Waals surface area contributed by atoms with Crippen LogP contribution < -0.4 is 10.0 Å². The molecule has 0 amide bonds. The van der Waals surface area contributed by atoms with Gasteiger partial charge in [0.05, 0.1) is 4.90 Å². The summed E-state index contributed by atoms with van der Waals surface area (Å²) in [5.74, 6) is 0. The third-order valence-corrected chi connectivity index (χ3v) is 5.84. The molecule has 0 aliphatic heterocycles. The Hall–Kier alpha value is -0.910. The SMILES string of the molecule is CCCC1(CNS(=O)(=O)c2cc(CNC)ccc2C)CC1. The molecule has 1 aromatic rings. The van der Waals surface area contributed by atoms with Gasteiger partial charge in [0, 0.05) is 13.1 Å². The molecular formula is C16H26N2O2S. The van der Waals surface area contributed by atoms with Gasteiger partial charge in [0.1, 0.15) is 0 Å². The standard InChI is InChI=1S/C16H26N2O2S/c1-4-7-16(8-9-16)12-18-21(19,20)15-10-14(11-17-3)6-5-13(15)2/h5-6,10,17-18H,4,7-9,11-12H2,1-3H3. The fourth-order valence-corrected chi connectivity index (χ4v) is 4.25. The molecule has 2 N–H and O–H groups in total. The molecule has 5 heteroatoms. The Morgan fingerprint density at radius 1 is 1.29 bits per heavy atom. The zero-order valence-electron chi connectivity index (χ0n) is 13.2. The van der Waals surface area contributed by atoms with E-state index in [0.29, 0.717) is 18.0 Å². The smallest absolute Gasteiger partial charge is 0.240 e. The van der Waals surface area contributed by atoms with Crippen molar-refractivity contribution >= 4 is 10.0 Å². The second-order valence-corrected chi connectivity index (χ2v) is 7.94. The molecule has 1 saturated carbocycles. The summed E-state index contributed by atoms with van der Waals surface area (Å²) in [6.07, 6.45) is 4.50. The lowest BCUT2D eigenvalue weighted by Crippen LogP contribution is -2.31. The van der Waals surface area contributed by atoms with Crippen molar-refractivity contribution in [2.24, 2.45) is 5.41 Å². The Morgan fingerprint density at radius 2 is 2.00 bits per heavy atom. The highest BCUT2D eigenvalue weighted by molar-refractivity contribution is 7.89. The molecule has 0 unspecified atom stereocenters. The minimum atomic E-state index is -3.42. The second-order valence-electron chi connectivity index (χ2n) is 6.20. The Kier molecular flexibility index (Phi) is 5.07. The second kappa shape index (κ2) is 6.46. The van der Waals surface area contributed by atoms with Crippen LogP contribution in [-0.2, 0) is 16.6 Å². The Morgan fingerprint density at radius 3 is 2.57 bits per heavy atom. The first-order valence-electron chi connectivity index (χ1n) is 7.66. The van der Waals surface area contributed by atoms with Crippen molar-refractivity contribution in [3.63, 3.8) is 0 Å². The third-order valence-electron chi connectivity index (χ3n) is 4.30. The number of benzene rings is 1. The molecule has 1 aliphatic carbocycles. The van der Waals surface area contributed by atoms with Gasteiger partial charge in [0.25, 0.3) is 0 Å². The van der Waals surface area contributed by atoms with Crippen molar-refractivity contribution in [3.05, 3.63) is 29.3 Å². The molecule has 1 aromatic carbocycles. The van der Waals surface area contributed by atoms with E-state index in [0.717, 1.165) is 36.8 Å². The first-order valence-corrected chi connectivity index (χ1v) is 9.14. The van der Waals surface area contributed by atoms with E-state index in [1.54, 1.807) is 6.07 Å². The van der Waals surface area contributed by atoms with Crippen molar-refractivity contribution < 1.29 is 8.42 Å². The number of sulfonamides is 1. The van der Waals surface area contributed by atoms with Gasteiger partial charge in [-0.25, -0.2) is 13.1 Å². The van der Waals surface area contributed by atoms with E-state index in [4.69, 9.17) is 0 Å². The van der Waals surface area contributed by atoms with Crippen LogP contribution in [0.2, 0.25) is 0 Å². The van der Waals surface area contributed by atoms with Gasteiger partial charge in [0.2, 0.25) is 10.0 Å². The zero-order valence-corrected chi connectivity index (χ0v) is 14.0. The molecule has 4 nitrogen and oxygen atoms in total. The summed E-state index contributed by atoms with van der Waals surface area (Å²) in [5, 5.41) is 3.05.